The molecule has 1 aromatic carbocycles. The van der Waals surface area contributed by atoms with Crippen LogP contribution in [0.15, 0.2) is 24.3 Å². The topological polar surface area (TPSA) is 44.4 Å². The third kappa shape index (κ3) is 4.55. The highest BCUT2D eigenvalue weighted by Crippen LogP contribution is 2.20. The SMILES string of the molecule is CC1CCCCN1Cc1ccc(NC(=O)[C@H]2CCCCN2)cc1. The van der Waals surface area contributed by atoms with Crippen molar-refractivity contribution in [3.63, 3.8) is 0 Å². The molecule has 4 nitrogen and oxygen atoms in total. The average molecular weight is 315 g/mol. The Balaban J connectivity index is 1.53. The fourth-order valence-electron chi connectivity index (χ4n) is 3.63. The minimum atomic E-state index is -0.0300. The van der Waals surface area contributed by atoms with Crippen molar-refractivity contribution in [1.29, 1.82) is 0 Å². The van der Waals surface area contributed by atoms with E-state index in [1.165, 1.54) is 37.8 Å². The third-order valence-electron chi connectivity index (χ3n) is 5.17. The lowest BCUT2D eigenvalue weighted by Gasteiger charge is -2.33. The van der Waals surface area contributed by atoms with E-state index in [1.54, 1.807) is 0 Å². The highest BCUT2D eigenvalue weighted by Gasteiger charge is 2.21. The van der Waals surface area contributed by atoms with E-state index in [9.17, 15) is 4.79 Å². The van der Waals surface area contributed by atoms with Crippen LogP contribution in [0.25, 0.3) is 0 Å². The summed E-state index contributed by atoms with van der Waals surface area (Å²) in [5.74, 6) is 0.0992. The molecule has 1 amide bonds. The van der Waals surface area contributed by atoms with Crippen LogP contribution in [-0.4, -0.2) is 36.0 Å². The standard InChI is InChI=1S/C19H29N3O/c1-15-6-3-5-13-22(15)14-16-8-10-17(11-9-16)21-19(23)18-7-2-4-12-20-18/h8-11,15,18,20H,2-7,12-14H2,1H3,(H,21,23)/t15?,18-/m1/s1. The number of nitrogens with one attached hydrogen (secondary N) is 2. The van der Waals surface area contributed by atoms with Crippen LogP contribution in [0.2, 0.25) is 0 Å². The lowest BCUT2D eigenvalue weighted by Crippen LogP contribution is -2.43. The van der Waals surface area contributed by atoms with E-state index in [0.717, 1.165) is 31.6 Å². The maximum Gasteiger partial charge on any atom is 0.241 e. The largest absolute Gasteiger partial charge is 0.325 e. The predicted octanol–water partition coefficient (Wildman–Crippen LogP) is 3.14. The number of rotatable bonds is 4. The summed E-state index contributed by atoms with van der Waals surface area (Å²) < 4.78 is 0. The molecule has 0 aliphatic carbocycles. The molecule has 23 heavy (non-hydrogen) atoms. The number of nitrogens with zero attached hydrogens (tertiary/aromatic N) is 1. The van der Waals surface area contributed by atoms with Crippen LogP contribution in [0.1, 0.15) is 51.0 Å². The normalized spacial score (nSPS) is 26.0. The molecule has 1 aromatic rings. The number of benzene rings is 1. The van der Waals surface area contributed by atoms with E-state index < -0.39 is 0 Å². The molecule has 0 radical (unpaired) electrons. The van der Waals surface area contributed by atoms with Crippen LogP contribution < -0.4 is 10.6 Å². The summed E-state index contributed by atoms with van der Waals surface area (Å²) in [7, 11) is 0. The Kier molecular flexibility index (Phi) is 5.68. The van der Waals surface area contributed by atoms with Gasteiger partial charge in [0.15, 0.2) is 0 Å². The van der Waals surface area contributed by atoms with Crippen LogP contribution in [0.3, 0.4) is 0 Å². The van der Waals surface area contributed by atoms with Crippen LogP contribution in [0.5, 0.6) is 0 Å². The van der Waals surface area contributed by atoms with Crippen LogP contribution >= 0.6 is 0 Å². The van der Waals surface area contributed by atoms with Gasteiger partial charge < -0.3 is 10.6 Å². The molecule has 0 bridgehead atoms. The highest BCUT2D eigenvalue weighted by atomic mass is 16.2. The summed E-state index contributed by atoms with van der Waals surface area (Å²) >= 11 is 0. The van der Waals surface area contributed by atoms with E-state index in [0.29, 0.717) is 6.04 Å². The molecule has 2 fully saturated rings. The summed E-state index contributed by atoms with van der Waals surface area (Å²) in [6, 6.07) is 9.00. The Hall–Kier alpha value is -1.39. The van der Waals surface area contributed by atoms with Gasteiger partial charge in [-0.3, -0.25) is 9.69 Å². The number of carbonyl (C=O) groups excluding carboxylic acids is 1. The summed E-state index contributed by atoms with van der Waals surface area (Å²) in [5, 5.41) is 6.33. The number of hydrogen-bond acceptors (Lipinski definition) is 3. The highest BCUT2D eigenvalue weighted by molar-refractivity contribution is 5.94. The Labute approximate surface area is 139 Å². The maximum absolute atomic E-state index is 12.2. The van der Waals surface area contributed by atoms with Gasteiger partial charge in [-0.05, 0) is 63.4 Å². The van der Waals surface area contributed by atoms with E-state index in [4.69, 9.17) is 0 Å². The molecule has 3 rings (SSSR count). The van der Waals surface area contributed by atoms with Crippen molar-refractivity contribution >= 4 is 11.6 Å². The van der Waals surface area contributed by atoms with Gasteiger partial charge in [0.1, 0.15) is 0 Å². The van der Waals surface area contributed by atoms with Gasteiger partial charge in [-0.15, -0.1) is 0 Å². The van der Waals surface area contributed by atoms with Gasteiger partial charge in [-0.25, -0.2) is 0 Å². The first-order chi connectivity index (χ1) is 11.2. The molecule has 1 unspecified atom stereocenters. The lowest BCUT2D eigenvalue weighted by molar-refractivity contribution is -0.118. The number of anilines is 1. The van der Waals surface area contributed by atoms with Gasteiger partial charge in [0.2, 0.25) is 5.91 Å². The molecule has 2 heterocycles. The minimum absolute atomic E-state index is 0.0300. The molecule has 0 aromatic heterocycles. The second-order valence-electron chi connectivity index (χ2n) is 7.00. The molecule has 2 N–H and O–H groups in total. The van der Waals surface area contributed by atoms with E-state index in [2.05, 4.69) is 34.6 Å². The third-order valence-corrected chi connectivity index (χ3v) is 5.17. The van der Waals surface area contributed by atoms with Gasteiger partial charge in [-0.2, -0.15) is 0 Å². The van der Waals surface area contributed by atoms with Crippen molar-refractivity contribution in [2.75, 3.05) is 18.4 Å². The zero-order valence-electron chi connectivity index (χ0n) is 14.2. The summed E-state index contributed by atoms with van der Waals surface area (Å²) in [4.78, 5) is 14.8. The second kappa shape index (κ2) is 7.93. The number of hydrogen-bond donors (Lipinski definition) is 2. The van der Waals surface area contributed by atoms with Gasteiger partial charge in [-0.1, -0.05) is 25.0 Å². The zero-order valence-corrected chi connectivity index (χ0v) is 14.2. The Morgan fingerprint density at radius 2 is 1.96 bits per heavy atom. The molecular weight excluding hydrogens is 286 g/mol. The van der Waals surface area contributed by atoms with Crippen molar-refractivity contribution in [2.24, 2.45) is 0 Å². The fraction of sp³-hybridized carbons (Fsp3) is 0.632. The molecule has 2 aliphatic heterocycles. The average Bonchev–Trinajstić information content (AvgIpc) is 2.59. The predicted molar refractivity (Wildman–Crippen MR) is 94.4 cm³/mol. The van der Waals surface area contributed by atoms with Crippen molar-refractivity contribution in [1.82, 2.24) is 10.2 Å². The van der Waals surface area contributed by atoms with E-state index in [-0.39, 0.29) is 11.9 Å². The van der Waals surface area contributed by atoms with E-state index in [1.807, 2.05) is 12.1 Å². The van der Waals surface area contributed by atoms with Crippen LogP contribution in [0, 0.1) is 0 Å². The molecule has 2 saturated heterocycles. The molecule has 0 saturated carbocycles. The first kappa shape index (κ1) is 16.5. The van der Waals surface area contributed by atoms with Crippen molar-refractivity contribution < 1.29 is 4.79 Å². The molecule has 4 heteroatoms. The molecule has 0 spiro atoms. The Bertz CT molecular complexity index is 508. The Morgan fingerprint density at radius 3 is 2.65 bits per heavy atom. The van der Waals surface area contributed by atoms with Gasteiger partial charge >= 0.3 is 0 Å². The van der Waals surface area contributed by atoms with Gasteiger partial charge in [0.05, 0.1) is 6.04 Å². The lowest BCUT2D eigenvalue weighted by atomic mass is 10.0. The minimum Gasteiger partial charge on any atom is -0.325 e. The van der Waals surface area contributed by atoms with Crippen LogP contribution in [-0.2, 0) is 11.3 Å². The zero-order chi connectivity index (χ0) is 16.1. The Morgan fingerprint density at radius 1 is 1.17 bits per heavy atom. The second-order valence-corrected chi connectivity index (χ2v) is 7.00. The molecule has 126 valence electrons. The number of carbonyl (C=O) groups is 1. The summed E-state index contributed by atoms with van der Waals surface area (Å²) in [6.45, 7) is 5.49. The quantitative estimate of drug-likeness (QED) is 0.897. The van der Waals surface area contributed by atoms with E-state index >= 15 is 0 Å². The van der Waals surface area contributed by atoms with Crippen molar-refractivity contribution in [3.05, 3.63) is 29.8 Å². The first-order valence-electron chi connectivity index (χ1n) is 9.09. The smallest absolute Gasteiger partial charge is 0.241 e. The first-order valence-corrected chi connectivity index (χ1v) is 9.09. The summed E-state index contributed by atoms with van der Waals surface area (Å²) in [6.07, 6.45) is 7.23. The molecule has 2 atom stereocenters. The van der Waals surface area contributed by atoms with Crippen LogP contribution in [0.4, 0.5) is 5.69 Å². The number of piperidine rings is 2. The maximum atomic E-state index is 12.2. The van der Waals surface area contributed by atoms with Crippen molar-refractivity contribution in [2.45, 2.75) is 64.1 Å². The monoisotopic (exact) mass is 315 g/mol. The summed E-state index contributed by atoms with van der Waals surface area (Å²) in [5.41, 5.74) is 2.23. The number of likely N-dealkylation sites (tertiary alicyclic amines) is 1. The number of amides is 1. The fourth-order valence-corrected chi connectivity index (χ4v) is 3.63. The van der Waals surface area contributed by atoms with Gasteiger partial charge in [0.25, 0.3) is 0 Å². The molecular formula is C19H29N3O. The molecule has 2 aliphatic rings. The van der Waals surface area contributed by atoms with Gasteiger partial charge in [0, 0.05) is 18.3 Å². The van der Waals surface area contributed by atoms with Crippen molar-refractivity contribution in [3.8, 4) is 0 Å².